The molecule has 0 amide bonds. The highest BCUT2D eigenvalue weighted by Crippen LogP contribution is 2.51. The summed E-state index contributed by atoms with van der Waals surface area (Å²) in [5.41, 5.74) is 0. The molecule has 0 aliphatic rings. The van der Waals surface area contributed by atoms with E-state index in [0.29, 0.717) is 0 Å². The van der Waals surface area contributed by atoms with Crippen LogP contribution in [-0.4, -0.2) is 0 Å². The van der Waals surface area contributed by atoms with Crippen LogP contribution in [-0.2, 0) is 0 Å². The molecule has 0 aromatic heterocycles. The average Bonchev–Trinajstić information content (AvgIpc) is 3.11. The maximum Gasteiger partial charge on any atom is 0.530 e. The van der Waals surface area contributed by atoms with Gasteiger partial charge in [-0.3, -0.25) is 0 Å². The normalized spacial score (nSPS) is 11.7. The van der Waals surface area contributed by atoms with Crippen molar-refractivity contribution in [2.24, 2.45) is 0 Å². The molecule has 9 aromatic rings. The lowest BCUT2D eigenvalue weighted by molar-refractivity contribution is 0.398. The Kier molecular flexibility index (Phi) is 6.43. The van der Waals surface area contributed by atoms with Gasteiger partial charge in [0.1, 0.15) is 17.2 Å². The SMILES string of the molecule is c1ccc2c(OP(Oc3c4ccccc4cc4ccccc34)Oc3c4ccccc4cc4ccccc34)c3ccccc3cc2c1. The number of fused-ring (bicyclic) bond motifs is 6. The second-order valence-electron chi connectivity index (χ2n) is 11.4. The first-order chi connectivity index (χ1) is 22.8. The fourth-order valence-electron chi connectivity index (χ4n) is 6.49. The summed E-state index contributed by atoms with van der Waals surface area (Å²) in [5.74, 6) is 2.23. The van der Waals surface area contributed by atoms with E-state index in [2.05, 4.69) is 127 Å². The van der Waals surface area contributed by atoms with Crippen molar-refractivity contribution >= 4 is 73.2 Å². The fourth-order valence-corrected chi connectivity index (χ4v) is 7.64. The van der Waals surface area contributed by atoms with Crippen molar-refractivity contribution in [1.29, 1.82) is 0 Å². The number of benzene rings is 9. The van der Waals surface area contributed by atoms with Crippen LogP contribution < -0.4 is 13.6 Å². The van der Waals surface area contributed by atoms with Crippen LogP contribution in [0.3, 0.4) is 0 Å². The molecule has 0 saturated heterocycles. The summed E-state index contributed by atoms with van der Waals surface area (Å²) in [5, 5.41) is 12.6. The third-order valence-electron chi connectivity index (χ3n) is 8.66. The Labute approximate surface area is 267 Å². The molecular formula is C42H27O3P. The molecule has 3 nitrogen and oxygen atoms in total. The lowest BCUT2D eigenvalue weighted by Crippen LogP contribution is -2.04. The zero-order valence-electron chi connectivity index (χ0n) is 24.8. The van der Waals surface area contributed by atoms with Crippen molar-refractivity contribution in [1.82, 2.24) is 0 Å². The van der Waals surface area contributed by atoms with E-state index in [1.165, 1.54) is 0 Å². The Morgan fingerprint density at radius 3 is 0.674 bits per heavy atom. The van der Waals surface area contributed by atoms with Gasteiger partial charge in [0.05, 0.1) is 0 Å². The molecule has 0 bridgehead atoms. The number of hydrogen-bond acceptors (Lipinski definition) is 3. The molecule has 4 heteroatoms. The van der Waals surface area contributed by atoms with Gasteiger partial charge in [0.15, 0.2) is 0 Å². The first kappa shape index (κ1) is 26.7. The van der Waals surface area contributed by atoms with Gasteiger partial charge in [-0.1, -0.05) is 146 Å². The summed E-state index contributed by atoms with van der Waals surface area (Å²) in [6.45, 7) is 0. The molecule has 9 rings (SSSR count). The van der Waals surface area contributed by atoms with Gasteiger partial charge in [-0.05, 0) is 50.5 Å². The quantitative estimate of drug-likeness (QED) is 0.138. The molecular weight excluding hydrogens is 583 g/mol. The first-order valence-electron chi connectivity index (χ1n) is 15.4. The predicted octanol–water partition coefficient (Wildman–Crippen LogP) is 12.4. The van der Waals surface area contributed by atoms with E-state index in [0.717, 1.165) is 81.9 Å². The van der Waals surface area contributed by atoms with Crippen LogP contribution in [0.25, 0.3) is 64.6 Å². The summed E-state index contributed by atoms with van der Waals surface area (Å²) in [7, 11) is -2.03. The lowest BCUT2D eigenvalue weighted by Gasteiger charge is -2.23. The molecule has 0 N–H and O–H groups in total. The van der Waals surface area contributed by atoms with Gasteiger partial charge < -0.3 is 13.6 Å². The Morgan fingerprint density at radius 2 is 0.457 bits per heavy atom. The molecule has 0 radical (unpaired) electrons. The first-order valence-corrected chi connectivity index (χ1v) is 16.5. The van der Waals surface area contributed by atoms with E-state index in [1.54, 1.807) is 0 Å². The molecule has 0 spiro atoms. The number of hydrogen-bond donors (Lipinski definition) is 0. The molecule has 0 aliphatic carbocycles. The van der Waals surface area contributed by atoms with E-state index in [1.807, 2.05) is 36.4 Å². The topological polar surface area (TPSA) is 27.7 Å². The Bertz CT molecular complexity index is 2140. The second-order valence-corrected chi connectivity index (χ2v) is 12.4. The van der Waals surface area contributed by atoms with Gasteiger partial charge in [-0.2, -0.15) is 0 Å². The monoisotopic (exact) mass is 610 g/mol. The van der Waals surface area contributed by atoms with Gasteiger partial charge in [-0.15, -0.1) is 0 Å². The van der Waals surface area contributed by atoms with Crippen LogP contribution in [0.4, 0.5) is 0 Å². The van der Waals surface area contributed by atoms with Crippen LogP contribution in [0.1, 0.15) is 0 Å². The third kappa shape index (κ3) is 4.56. The van der Waals surface area contributed by atoms with Crippen molar-refractivity contribution in [2.75, 3.05) is 0 Å². The van der Waals surface area contributed by atoms with E-state index >= 15 is 0 Å². The van der Waals surface area contributed by atoms with Crippen molar-refractivity contribution in [2.45, 2.75) is 0 Å². The van der Waals surface area contributed by atoms with E-state index in [9.17, 15) is 0 Å². The molecule has 0 saturated carbocycles. The summed E-state index contributed by atoms with van der Waals surface area (Å²) >= 11 is 0. The average molecular weight is 611 g/mol. The van der Waals surface area contributed by atoms with Crippen LogP contribution in [0.15, 0.2) is 164 Å². The van der Waals surface area contributed by atoms with Crippen LogP contribution in [0, 0.1) is 0 Å². The summed E-state index contributed by atoms with van der Waals surface area (Å²) < 4.78 is 21.2. The highest BCUT2D eigenvalue weighted by molar-refractivity contribution is 7.43. The minimum Gasteiger partial charge on any atom is -0.407 e. The zero-order valence-corrected chi connectivity index (χ0v) is 25.7. The Hall–Kier alpha value is -5.63. The second kappa shape index (κ2) is 11.1. The van der Waals surface area contributed by atoms with E-state index in [4.69, 9.17) is 13.6 Å². The Balaban J connectivity index is 1.29. The maximum atomic E-state index is 7.06. The summed E-state index contributed by atoms with van der Waals surface area (Å²) in [6, 6.07) is 56.6. The largest absolute Gasteiger partial charge is 0.530 e. The highest BCUT2D eigenvalue weighted by atomic mass is 31.2. The minimum atomic E-state index is -2.03. The molecule has 0 fully saturated rings. The van der Waals surface area contributed by atoms with E-state index < -0.39 is 8.60 Å². The Morgan fingerprint density at radius 1 is 0.261 bits per heavy atom. The van der Waals surface area contributed by atoms with Gasteiger partial charge >= 0.3 is 8.60 Å². The van der Waals surface area contributed by atoms with Gasteiger partial charge in [0.25, 0.3) is 0 Å². The summed E-state index contributed by atoms with van der Waals surface area (Å²) in [4.78, 5) is 0. The molecule has 46 heavy (non-hydrogen) atoms. The van der Waals surface area contributed by atoms with Crippen molar-refractivity contribution in [3.8, 4) is 17.2 Å². The van der Waals surface area contributed by atoms with Gasteiger partial charge in [0.2, 0.25) is 0 Å². The van der Waals surface area contributed by atoms with Gasteiger partial charge in [0, 0.05) is 32.3 Å². The van der Waals surface area contributed by atoms with Crippen LogP contribution >= 0.6 is 8.60 Å². The van der Waals surface area contributed by atoms with Crippen molar-refractivity contribution in [3.05, 3.63) is 164 Å². The van der Waals surface area contributed by atoms with Gasteiger partial charge in [-0.25, -0.2) is 0 Å². The molecule has 0 aliphatic heterocycles. The number of rotatable bonds is 6. The standard InChI is InChI=1S/C42H27O3P/c1-7-19-34-28(13-1)25-29-14-2-8-20-35(29)40(34)43-46(44-41-36-21-9-3-15-30(36)26-31-16-4-10-22-37(31)41)45-42-38-23-11-5-17-32(38)27-33-18-6-12-24-39(33)42/h1-27H. The molecule has 9 aromatic carbocycles. The van der Waals surface area contributed by atoms with Crippen molar-refractivity contribution < 1.29 is 13.6 Å². The molecule has 0 unspecified atom stereocenters. The minimum absolute atomic E-state index is 0.744. The van der Waals surface area contributed by atoms with Crippen LogP contribution in [0.5, 0.6) is 17.2 Å². The van der Waals surface area contributed by atoms with Crippen LogP contribution in [0.2, 0.25) is 0 Å². The zero-order chi connectivity index (χ0) is 30.5. The molecule has 218 valence electrons. The lowest BCUT2D eigenvalue weighted by atomic mass is 10.0. The van der Waals surface area contributed by atoms with E-state index in [-0.39, 0.29) is 0 Å². The highest BCUT2D eigenvalue weighted by Gasteiger charge is 2.27. The third-order valence-corrected chi connectivity index (χ3v) is 9.66. The smallest absolute Gasteiger partial charge is 0.407 e. The van der Waals surface area contributed by atoms with Crippen molar-refractivity contribution in [3.63, 3.8) is 0 Å². The molecule has 0 heterocycles. The maximum absolute atomic E-state index is 7.06. The fraction of sp³-hybridized carbons (Fsp3) is 0. The summed E-state index contributed by atoms with van der Waals surface area (Å²) in [6.07, 6.45) is 0. The predicted molar refractivity (Wildman–Crippen MR) is 193 cm³/mol. The molecule has 0 atom stereocenters.